The van der Waals surface area contributed by atoms with Gasteiger partial charge in [0.1, 0.15) is 0 Å². The summed E-state index contributed by atoms with van der Waals surface area (Å²) in [4.78, 5) is 20.8. The predicted molar refractivity (Wildman–Crippen MR) is 340 cm³/mol. The van der Waals surface area contributed by atoms with Crippen LogP contribution in [0.2, 0.25) is 0 Å². The monoisotopic (exact) mass is 1060 g/mol. The maximum atomic E-state index is 5.76. The molecular formula is C80H48N4. The zero-order valence-electron chi connectivity index (χ0n) is 45.5. The predicted octanol–water partition coefficient (Wildman–Crippen LogP) is 19.1. The topological polar surface area (TPSA) is 51.6 Å². The Hall–Kier alpha value is -10.9. The fourth-order valence-corrected chi connectivity index (χ4v) is 15.2. The highest BCUT2D eigenvalue weighted by Gasteiger charge is 2.53. The van der Waals surface area contributed by atoms with E-state index in [1.165, 1.54) is 89.0 Å². The largest absolute Gasteiger partial charge is 0.256 e. The van der Waals surface area contributed by atoms with Gasteiger partial charge >= 0.3 is 0 Å². The van der Waals surface area contributed by atoms with Gasteiger partial charge in [-0.3, -0.25) is 9.97 Å². The number of fused-ring (bicyclic) bond motifs is 21. The van der Waals surface area contributed by atoms with Crippen LogP contribution in [0.25, 0.3) is 123 Å². The van der Waals surface area contributed by atoms with Crippen molar-refractivity contribution in [2.24, 2.45) is 0 Å². The normalized spacial score (nSPS) is 13.7. The van der Waals surface area contributed by atoms with Gasteiger partial charge in [0.05, 0.1) is 33.4 Å². The molecule has 0 unspecified atom stereocenters. The smallest absolute Gasteiger partial charge is 0.160 e. The van der Waals surface area contributed by atoms with Gasteiger partial charge in [-0.15, -0.1) is 0 Å². The van der Waals surface area contributed by atoms with Crippen molar-refractivity contribution in [3.05, 3.63) is 336 Å². The van der Waals surface area contributed by atoms with Gasteiger partial charge in [0.15, 0.2) is 5.82 Å². The van der Waals surface area contributed by atoms with E-state index in [9.17, 15) is 0 Å². The van der Waals surface area contributed by atoms with Gasteiger partial charge in [-0.1, -0.05) is 231 Å². The van der Waals surface area contributed by atoms with Crippen LogP contribution in [0.3, 0.4) is 0 Å². The van der Waals surface area contributed by atoms with Crippen LogP contribution in [-0.4, -0.2) is 19.9 Å². The number of benzene rings is 11. The summed E-state index contributed by atoms with van der Waals surface area (Å²) < 4.78 is 0. The molecule has 0 aliphatic heterocycles. The van der Waals surface area contributed by atoms with Crippen LogP contribution in [0, 0.1) is 0 Å². The maximum absolute atomic E-state index is 5.76. The number of pyridine rings is 2. The number of rotatable bonds is 6. The third-order valence-corrected chi connectivity index (χ3v) is 18.7. The Morgan fingerprint density at radius 2 is 0.583 bits per heavy atom. The third-order valence-electron chi connectivity index (χ3n) is 18.7. The van der Waals surface area contributed by atoms with E-state index in [0.29, 0.717) is 5.82 Å². The van der Waals surface area contributed by atoms with Crippen molar-refractivity contribution in [2.45, 2.75) is 10.8 Å². The Morgan fingerprint density at radius 3 is 1.01 bits per heavy atom. The van der Waals surface area contributed by atoms with Gasteiger partial charge in [0.2, 0.25) is 0 Å². The summed E-state index contributed by atoms with van der Waals surface area (Å²) in [6.07, 6.45) is 3.69. The molecule has 3 heterocycles. The molecule has 18 rings (SSSR count). The molecule has 0 amide bonds. The van der Waals surface area contributed by atoms with Crippen LogP contribution < -0.4 is 0 Å². The molecule has 388 valence electrons. The summed E-state index contributed by atoms with van der Waals surface area (Å²) in [5.74, 6) is 0.646. The first kappa shape index (κ1) is 46.8. The third kappa shape index (κ3) is 6.42. The summed E-state index contributed by atoms with van der Waals surface area (Å²) >= 11 is 0. The van der Waals surface area contributed by atoms with E-state index in [-0.39, 0.29) is 0 Å². The van der Waals surface area contributed by atoms with Crippen LogP contribution in [0.4, 0.5) is 0 Å². The molecule has 0 atom stereocenters. The first-order valence-electron chi connectivity index (χ1n) is 28.9. The van der Waals surface area contributed by atoms with Gasteiger partial charge in [-0.05, 0) is 154 Å². The summed E-state index contributed by atoms with van der Waals surface area (Å²) in [6.45, 7) is 0. The van der Waals surface area contributed by atoms with Crippen LogP contribution in [0.1, 0.15) is 44.5 Å². The lowest BCUT2D eigenvalue weighted by Crippen LogP contribution is -2.25. The zero-order chi connectivity index (χ0) is 55.1. The van der Waals surface area contributed by atoms with Crippen LogP contribution >= 0.6 is 0 Å². The molecule has 0 radical (unpaired) electrons. The van der Waals surface area contributed by atoms with Crippen molar-refractivity contribution < 1.29 is 0 Å². The average Bonchev–Trinajstić information content (AvgIpc) is 1.78. The molecule has 4 aliphatic carbocycles. The number of hydrogen-bond acceptors (Lipinski definition) is 4. The Kier molecular flexibility index (Phi) is 9.90. The molecule has 4 nitrogen and oxygen atoms in total. The molecule has 3 aromatic heterocycles. The molecule has 0 saturated carbocycles. The summed E-state index contributed by atoms with van der Waals surface area (Å²) in [7, 11) is 0. The molecule has 2 spiro atoms. The van der Waals surface area contributed by atoms with E-state index in [0.717, 1.165) is 72.5 Å². The van der Waals surface area contributed by atoms with Gasteiger partial charge < -0.3 is 0 Å². The van der Waals surface area contributed by atoms with Crippen molar-refractivity contribution in [3.63, 3.8) is 0 Å². The molecule has 84 heavy (non-hydrogen) atoms. The molecule has 0 fully saturated rings. The Bertz CT molecular complexity index is 4940. The van der Waals surface area contributed by atoms with E-state index in [1.807, 2.05) is 42.7 Å². The first-order chi connectivity index (χ1) is 41.6. The Morgan fingerprint density at radius 1 is 0.226 bits per heavy atom. The van der Waals surface area contributed by atoms with Crippen LogP contribution in [0.15, 0.2) is 291 Å². The lowest BCUT2D eigenvalue weighted by Gasteiger charge is -2.31. The minimum atomic E-state index is -0.532. The maximum Gasteiger partial charge on any atom is 0.160 e. The number of aromatic nitrogens is 4. The highest BCUT2D eigenvalue weighted by molar-refractivity contribution is 6.06. The van der Waals surface area contributed by atoms with Gasteiger partial charge in [0.25, 0.3) is 0 Å². The van der Waals surface area contributed by atoms with Gasteiger partial charge in [-0.2, -0.15) is 0 Å². The molecular weight excluding hydrogens is 1020 g/mol. The molecule has 11 aromatic carbocycles. The highest BCUT2D eigenvalue weighted by atomic mass is 14.9. The SMILES string of the molecule is c1ccc(-c2ccc(-c3nc(-c4ccc(-c5ccccn5)cc4)c4cc(-c5ccc6c(c5)C5(c7ccccc7-c7ccccc75)c5ccccc5-6)cc(-c5ccc6c(c5)C5(c7ccccc7-c7ccccc75)c5ccccc5-6)c4n3)cc2)nc1. The van der Waals surface area contributed by atoms with E-state index >= 15 is 0 Å². The minimum Gasteiger partial charge on any atom is -0.256 e. The Balaban J connectivity index is 0.920. The van der Waals surface area contributed by atoms with Crippen molar-refractivity contribution in [2.75, 3.05) is 0 Å². The van der Waals surface area contributed by atoms with Crippen molar-refractivity contribution in [3.8, 4) is 112 Å². The van der Waals surface area contributed by atoms with Crippen molar-refractivity contribution >= 4 is 10.9 Å². The second kappa shape index (κ2) is 17.8. The second-order valence-corrected chi connectivity index (χ2v) is 22.7. The fraction of sp³-hybridized carbons (Fsp3) is 0.0250. The molecule has 4 aliphatic rings. The standard InChI is InChI=1S/C80H48N4/c1-7-23-66-56(17-1)57-18-2-8-24-67(57)79(66)70-27-11-5-21-60(70)62-41-39-53(47-72(62)79)55-45-64(54-40-42-63-61-22-6-12-28-71(61)80(73(63)48-54)68-25-9-3-19-58(68)59-20-4-10-26-69(59)80)77-65(46-55)76(51-35-31-49(32-36-51)74-29-13-15-43-81-74)83-78(84-77)52-37-33-50(34-38-52)75-30-14-16-44-82-75/h1-48H. The summed E-state index contributed by atoms with van der Waals surface area (Å²) in [5.41, 5.74) is 31.5. The van der Waals surface area contributed by atoms with Crippen LogP contribution in [-0.2, 0) is 10.8 Å². The summed E-state index contributed by atoms with van der Waals surface area (Å²) in [6, 6.07) is 103. The van der Waals surface area contributed by atoms with E-state index in [1.54, 1.807) is 0 Å². The summed E-state index contributed by atoms with van der Waals surface area (Å²) in [5, 5.41) is 0.965. The minimum absolute atomic E-state index is 0.503. The van der Waals surface area contributed by atoms with Crippen molar-refractivity contribution in [1.29, 1.82) is 0 Å². The zero-order valence-corrected chi connectivity index (χ0v) is 45.5. The average molecular weight is 1070 g/mol. The fourth-order valence-electron chi connectivity index (χ4n) is 15.2. The molecule has 14 aromatic rings. The highest BCUT2D eigenvalue weighted by Crippen LogP contribution is 2.65. The van der Waals surface area contributed by atoms with Gasteiger partial charge in [-0.25, -0.2) is 9.97 Å². The molecule has 4 heteroatoms. The van der Waals surface area contributed by atoms with Crippen LogP contribution in [0.5, 0.6) is 0 Å². The first-order valence-corrected chi connectivity index (χ1v) is 28.9. The second-order valence-electron chi connectivity index (χ2n) is 22.7. The Labute approximate surface area is 486 Å². The van der Waals surface area contributed by atoms with Crippen molar-refractivity contribution in [1.82, 2.24) is 19.9 Å². The molecule has 0 bridgehead atoms. The molecule has 0 N–H and O–H groups in total. The van der Waals surface area contributed by atoms with Gasteiger partial charge in [0, 0.05) is 45.6 Å². The number of nitrogens with zero attached hydrogens (tertiary/aromatic N) is 4. The quantitative estimate of drug-likeness (QED) is 0.167. The lowest BCUT2D eigenvalue weighted by atomic mass is 9.70. The lowest BCUT2D eigenvalue weighted by molar-refractivity contribution is 0.794. The number of hydrogen-bond donors (Lipinski definition) is 0. The molecule has 0 saturated heterocycles. The van der Waals surface area contributed by atoms with E-state index in [4.69, 9.17) is 15.0 Å². The van der Waals surface area contributed by atoms with E-state index in [2.05, 4.69) is 254 Å². The van der Waals surface area contributed by atoms with E-state index < -0.39 is 10.8 Å².